The van der Waals surface area contributed by atoms with E-state index in [2.05, 4.69) is 21.2 Å². The van der Waals surface area contributed by atoms with Crippen molar-refractivity contribution in [2.24, 2.45) is 0 Å². The lowest BCUT2D eigenvalue weighted by Gasteiger charge is -1.98. The first-order valence-corrected chi connectivity index (χ1v) is 5.81. The van der Waals surface area contributed by atoms with Crippen LogP contribution in [0.3, 0.4) is 0 Å². The molecule has 5 nitrogen and oxygen atoms in total. The molecule has 1 aromatic heterocycles. The largest absolute Gasteiger partial charge is 0.481 e. The number of aromatic nitrogens is 3. The summed E-state index contributed by atoms with van der Waals surface area (Å²) in [6.45, 7) is 2.04. The molecule has 0 fully saturated rings. The predicted molar refractivity (Wildman–Crippen MR) is 66.3 cm³/mol. The molecule has 0 aliphatic rings. The first kappa shape index (κ1) is 12.3. The van der Waals surface area contributed by atoms with Crippen LogP contribution in [0.5, 0.6) is 0 Å². The predicted octanol–water partition coefficient (Wildman–Crippen LogP) is 1.72. The number of nitrogens with zero attached hydrogens (tertiary/aromatic N) is 2. The SMILES string of the molecule is Cc1cccc(Cc2nc(CCC(=O)O)n[nH]2)c1. The Bertz CT molecular complexity index is 549. The second-order valence-electron chi connectivity index (χ2n) is 4.26. The molecular weight excluding hydrogens is 230 g/mol. The van der Waals surface area contributed by atoms with Gasteiger partial charge in [-0.3, -0.25) is 9.89 Å². The monoisotopic (exact) mass is 245 g/mol. The highest BCUT2D eigenvalue weighted by Gasteiger charge is 2.06. The summed E-state index contributed by atoms with van der Waals surface area (Å²) in [6, 6.07) is 8.18. The van der Waals surface area contributed by atoms with Gasteiger partial charge in [-0.1, -0.05) is 29.8 Å². The van der Waals surface area contributed by atoms with Crippen molar-refractivity contribution in [2.75, 3.05) is 0 Å². The van der Waals surface area contributed by atoms with Crippen molar-refractivity contribution in [3.63, 3.8) is 0 Å². The van der Waals surface area contributed by atoms with Crippen molar-refractivity contribution in [2.45, 2.75) is 26.2 Å². The average molecular weight is 245 g/mol. The molecule has 0 amide bonds. The second-order valence-corrected chi connectivity index (χ2v) is 4.26. The molecule has 0 spiro atoms. The molecule has 0 saturated heterocycles. The number of hydrogen-bond donors (Lipinski definition) is 2. The molecule has 2 N–H and O–H groups in total. The fourth-order valence-electron chi connectivity index (χ4n) is 1.76. The average Bonchev–Trinajstić information content (AvgIpc) is 2.74. The zero-order valence-electron chi connectivity index (χ0n) is 10.2. The van der Waals surface area contributed by atoms with Gasteiger partial charge in [0.25, 0.3) is 0 Å². The van der Waals surface area contributed by atoms with E-state index >= 15 is 0 Å². The van der Waals surface area contributed by atoms with E-state index < -0.39 is 5.97 Å². The Morgan fingerprint density at radius 1 is 1.44 bits per heavy atom. The molecule has 1 aromatic carbocycles. The van der Waals surface area contributed by atoms with E-state index in [4.69, 9.17) is 5.11 Å². The smallest absolute Gasteiger partial charge is 0.303 e. The lowest BCUT2D eigenvalue weighted by Crippen LogP contribution is -1.99. The minimum absolute atomic E-state index is 0.0573. The molecule has 2 rings (SSSR count). The highest BCUT2D eigenvalue weighted by molar-refractivity contribution is 5.66. The number of carbonyl (C=O) groups is 1. The summed E-state index contributed by atoms with van der Waals surface area (Å²) < 4.78 is 0. The summed E-state index contributed by atoms with van der Waals surface area (Å²) >= 11 is 0. The molecular formula is C13H15N3O2. The zero-order valence-corrected chi connectivity index (χ0v) is 10.2. The van der Waals surface area contributed by atoms with Crippen LogP contribution in [0.1, 0.15) is 29.2 Å². The number of carboxylic acids is 1. The Morgan fingerprint density at radius 3 is 3.00 bits per heavy atom. The third-order valence-electron chi connectivity index (χ3n) is 2.59. The number of aromatic amines is 1. The summed E-state index contributed by atoms with van der Waals surface area (Å²) in [5.74, 6) is 0.487. The van der Waals surface area contributed by atoms with Gasteiger partial charge in [0.2, 0.25) is 0 Å². The summed E-state index contributed by atoms with van der Waals surface area (Å²) in [5, 5.41) is 15.4. The van der Waals surface area contributed by atoms with Crippen molar-refractivity contribution >= 4 is 5.97 Å². The molecule has 2 aromatic rings. The van der Waals surface area contributed by atoms with Crippen molar-refractivity contribution in [1.29, 1.82) is 0 Å². The number of aliphatic carboxylic acids is 1. The van der Waals surface area contributed by atoms with E-state index in [0.717, 1.165) is 11.4 Å². The van der Waals surface area contributed by atoms with Crippen LogP contribution in [-0.2, 0) is 17.6 Å². The normalized spacial score (nSPS) is 10.5. The highest BCUT2D eigenvalue weighted by Crippen LogP contribution is 2.08. The standard InChI is InChI=1S/C13H15N3O2/c1-9-3-2-4-10(7-9)8-12-14-11(15-16-12)5-6-13(17)18/h2-4,7H,5-6,8H2,1H3,(H,17,18)(H,14,15,16). The Morgan fingerprint density at radius 2 is 2.28 bits per heavy atom. The maximum Gasteiger partial charge on any atom is 0.303 e. The molecule has 94 valence electrons. The number of carboxylic acid groups (broad SMARTS) is 1. The topological polar surface area (TPSA) is 78.9 Å². The Hall–Kier alpha value is -2.17. The molecule has 0 unspecified atom stereocenters. The van der Waals surface area contributed by atoms with Gasteiger partial charge in [-0.15, -0.1) is 0 Å². The first-order chi connectivity index (χ1) is 8.63. The van der Waals surface area contributed by atoms with Gasteiger partial charge in [-0.05, 0) is 12.5 Å². The van der Waals surface area contributed by atoms with Gasteiger partial charge in [-0.25, -0.2) is 4.98 Å². The molecule has 0 aliphatic carbocycles. The van der Waals surface area contributed by atoms with Crippen LogP contribution in [0, 0.1) is 6.92 Å². The van der Waals surface area contributed by atoms with Crippen LogP contribution in [0.15, 0.2) is 24.3 Å². The van der Waals surface area contributed by atoms with Gasteiger partial charge in [0.15, 0.2) is 5.82 Å². The minimum Gasteiger partial charge on any atom is -0.481 e. The maximum absolute atomic E-state index is 10.4. The zero-order chi connectivity index (χ0) is 13.0. The highest BCUT2D eigenvalue weighted by atomic mass is 16.4. The van der Waals surface area contributed by atoms with E-state index in [1.165, 1.54) is 5.56 Å². The van der Waals surface area contributed by atoms with Gasteiger partial charge < -0.3 is 5.11 Å². The number of benzene rings is 1. The van der Waals surface area contributed by atoms with Gasteiger partial charge >= 0.3 is 5.97 Å². The lowest BCUT2D eigenvalue weighted by molar-refractivity contribution is -0.137. The van der Waals surface area contributed by atoms with Crippen LogP contribution < -0.4 is 0 Å². The molecule has 18 heavy (non-hydrogen) atoms. The van der Waals surface area contributed by atoms with Crippen LogP contribution >= 0.6 is 0 Å². The van der Waals surface area contributed by atoms with E-state index in [1.54, 1.807) is 0 Å². The van der Waals surface area contributed by atoms with Gasteiger partial charge in [0, 0.05) is 12.8 Å². The number of aryl methyl sites for hydroxylation is 2. The van der Waals surface area contributed by atoms with Crippen molar-refractivity contribution < 1.29 is 9.90 Å². The number of rotatable bonds is 5. The molecule has 0 aliphatic heterocycles. The summed E-state index contributed by atoms with van der Waals surface area (Å²) in [7, 11) is 0. The summed E-state index contributed by atoms with van der Waals surface area (Å²) in [4.78, 5) is 14.7. The number of H-pyrrole nitrogens is 1. The fraction of sp³-hybridized carbons (Fsp3) is 0.308. The third kappa shape index (κ3) is 3.41. The van der Waals surface area contributed by atoms with E-state index in [-0.39, 0.29) is 6.42 Å². The number of nitrogens with one attached hydrogen (secondary N) is 1. The van der Waals surface area contributed by atoms with E-state index in [9.17, 15) is 4.79 Å². The molecule has 0 atom stereocenters. The van der Waals surface area contributed by atoms with Crippen LogP contribution in [0.25, 0.3) is 0 Å². The summed E-state index contributed by atoms with van der Waals surface area (Å²) in [6.07, 6.45) is 1.10. The van der Waals surface area contributed by atoms with Crippen LogP contribution in [0.4, 0.5) is 0 Å². The third-order valence-corrected chi connectivity index (χ3v) is 2.59. The van der Waals surface area contributed by atoms with Gasteiger partial charge in [0.1, 0.15) is 5.82 Å². The van der Waals surface area contributed by atoms with Crippen molar-refractivity contribution in [3.8, 4) is 0 Å². The minimum atomic E-state index is -0.833. The molecule has 0 radical (unpaired) electrons. The second kappa shape index (κ2) is 5.44. The Kier molecular flexibility index (Phi) is 3.72. The quantitative estimate of drug-likeness (QED) is 0.840. The van der Waals surface area contributed by atoms with Gasteiger partial charge in [-0.2, -0.15) is 5.10 Å². The first-order valence-electron chi connectivity index (χ1n) is 5.81. The van der Waals surface area contributed by atoms with Crippen LogP contribution in [-0.4, -0.2) is 26.3 Å². The number of hydrogen-bond acceptors (Lipinski definition) is 3. The van der Waals surface area contributed by atoms with Crippen molar-refractivity contribution in [1.82, 2.24) is 15.2 Å². The van der Waals surface area contributed by atoms with E-state index in [0.29, 0.717) is 18.7 Å². The molecule has 0 saturated carbocycles. The van der Waals surface area contributed by atoms with Gasteiger partial charge in [0.05, 0.1) is 6.42 Å². The molecule has 5 heteroatoms. The van der Waals surface area contributed by atoms with Crippen LogP contribution in [0.2, 0.25) is 0 Å². The fourth-order valence-corrected chi connectivity index (χ4v) is 1.76. The van der Waals surface area contributed by atoms with Crippen molar-refractivity contribution in [3.05, 3.63) is 47.0 Å². The summed E-state index contributed by atoms with van der Waals surface area (Å²) in [5.41, 5.74) is 2.37. The molecule has 0 bridgehead atoms. The maximum atomic E-state index is 10.4. The lowest BCUT2D eigenvalue weighted by atomic mass is 10.1. The van der Waals surface area contributed by atoms with E-state index in [1.807, 2.05) is 25.1 Å². The molecule has 1 heterocycles. The Balaban J connectivity index is 2.00. The Labute approximate surface area is 105 Å².